The van der Waals surface area contributed by atoms with Gasteiger partial charge in [-0.3, -0.25) is 5.32 Å². The molecule has 0 spiro atoms. The number of methoxy groups -OCH3 is 2. The van der Waals surface area contributed by atoms with E-state index in [9.17, 15) is 9.59 Å². The highest BCUT2D eigenvalue weighted by Crippen LogP contribution is 2.16. The van der Waals surface area contributed by atoms with Gasteiger partial charge in [-0.2, -0.15) is 4.99 Å². The minimum atomic E-state index is -0.858. The SMILES string of the molecule is COC[C@@H](NC(=O)Nc1cc(N)c(/C(N)=N\C(=O)OC)cn1)c1ccccc1. The minimum Gasteiger partial charge on any atom is -0.451 e. The average Bonchev–Trinajstić information content (AvgIpc) is 2.68. The van der Waals surface area contributed by atoms with Gasteiger partial charge >= 0.3 is 12.1 Å². The fourth-order valence-corrected chi connectivity index (χ4v) is 2.34. The number of rotatable bonds is 6. The van der Waals surface area contributed by atoms with Crippen LogP contribution in [0.5, 0.6) is 0 Å². The molecule has 0 saturated carbocycles. The lowest BCUT2D eigenvalue weighted by atomic mass is 10.1. The number of carbonyl (C=O) groups excluding carboxylic acids is 2. The van der Waals surface area contributed by atoms with Crippen molar-refractivity contribution in [3.05, 3.63) is 53.7 Å². The average molecular weight is 386 g/mol. The molecule has 2 rings (SSSR count). The fraction of sp³-hybridized carbons (Fsp3) is 0.222. The summed E-state index contributed by atoms with van der Waals surface area (Å²) in [6, 6.07) is 9.99. The lowest BCUT2D eigenvalue weighted by Crippen LogP contribution is -2.35. The second-order valence-corrected chi connectivity index (χ2v) is 5.64. The number of nitrogen functional groups attached to an aromatic ring is 1. The number of benzene rings is 1. The Morgan fingerprint density at radius 3 is 2.57 bits per heavy atom. The Labute approximate surface area is 161 Å². The largest absolute Gasteiger partial charge is 0.451 e. The number of amidine groups is 1. The molecule has 0 bridgehead atoms. The zero-order valence-electron chi connectivity index (χ0n) is 15.5. The summed E-state index contributed by atoms with van der Waals surface area (Å²) in [6.07, 6.45) is 0.444. The van der Waals surface area contributed by atoms with Crippen molar-refractivity contribution < 1.29 is 19.1 Å². The molecular weight excluding hydrogens is 364 g/mol. The third-order valence-corrected chi connectivity index (χ3v) is 3.68. The van der Waals surface area contributed by atoms with Crippen LogP contribution in [0.3, 0.4) is 0 Å². The molecule has 2 aromatic rings. The first kappa shape index (κ1) is 20.6. The number of nitrogens with one attached hydrogen (secondary N) is 2. The van der Waals surface area contributed by atoms with Crippen molar-refractivity contribution in [2.24, 2.45) is 10.7 Å². The number of hydrogen-bond acceptors (Lipinski definition) is 6. The third-order valence-electron chi connectivity index (χ3n) is 3.68. The highest BCUT2D eigenvalue weighted by atomic mass is 16.5. The maximum Gasteiger partial charge on any atom is 0.435 e. The normalized spacial score (nSPS) is 12.1. The van der Waals surface area contributed by atoms with Crippen molar-refractivity contribution in [1.82, 2.24) is 10.3 Å². The number of carbonyl (C=O) groups is 2. The van der Waals surface area contributed by atoms with Crippen molar-refractivity contribution in [3.63, 3.8) is 0 Å². The van der Waals surface area contributed by atoms with E-state index in [2.05, 4.69) is 25.3 Å². The van der Waals surface area contributed by atoms with Crippen LogP contribution in [0.15, 0.2) is 47.6 Å². The van der Waals surface area contributed by atoms with Gasteiger partial charge in [0, 0.05) is 25.1 Å². The molecule has 0 aliphatic heterocycles. The molecule has 1 atom stereocenters. The zero-order chi connectivity index (χ0) is 20.5. The minimum absolute atomic E-state index is 0.142. The molecule has 3 amide bonds. The second-order valence-electron chi connectivity index (χ2n) is 5.64. The van der Waals surface area contributed by atoms with Crippen LogP contribution >= 0.6 is 0 Å². The van der Waals surface area contributed by atoms with E-state index in [1.807, 2.05) is 30.3 Å². The van der Waals surface area contributed by atoms with E-state index in [1.165, 1.54) is 19.4 Å². The summed E-state index contributed by atoms with van der Waals surface area (Å²) in [7, 11) is 2.73. The number of hydrogen-bond donors (Lipinski definition) is 4. The molecule has 0 aliphatic carbocycles. The van der Waals surface area contributed by atoms with E-state index < -0.39 is 12.1 Å². The smallest absolute Gasteiger partial charge is 0.435 e. The quantitative estimate of drug-likeness (QED) is 0.434. The summed E-state index contributed by atoms with van der Waals surface area (Å²) < 4.78 is 9.58. The number of urea groups is 1. The molecule has 10 heteroatoms. The van der Waals surface area contributed by atoms with E-state index in [4.69, 9.17) is 16.2 Å². The Hall–Kier alpha value is -3.66. The number of anilines is 2. The Balaban J connectivity index is 2.08. The first-order chi connectivity index (χ1) is 13.4. The molecule has 1 aromatic carbocycles. The van der Waals surface area contributed by atoms with Gasteiger partial charge in [-0.1, -0.05) is 30.3 Å². The number of nitrogens with two attached hydrogens (primary N) is 2. The van der Waals surface area contributed by atoms with Gasteiger partial charge in [-0.05, 0) is 5.56 Å². The van der Waals surface area contributed by atoms with Gasteiger partial charge in [-0.25, -0.2) is 14.6 Å². The summed E-state index contributed by atoms with van der Waals surface area (Å²) >= 11 is 0. The van der Waals surface area contributed by atoms with E-state index in [-0.39, 0.29) is 28.9 Å². The van der Waals surface area contributed by atoms with Gasteiger partial charge in [-0.15, -0.1) is 0 Å². The Kier molecular flexibility index (Phi) is 7.28. The molecule has 0 aliphatic rings. The number of pyridine rings is 1. The highest BCUT2D eigenvalue weighted by molar-refractivity contribution is 6.06. The van der Waals surface area contributed by atoms with Crippen molar-refractivity contribution in [2.45, 2.75) is 6.04 Å². The topological polar surface area (TPSA) is 154 Å². The van der Waals surface area contributed by atoms with Crippen LogP contribution in [0.2, 0.25) is 0 Å². The number of nitrogens with zero attached hydrogens (tertiary/aromatic N) is 2. The van der Waals surface area contributed by atoms with Crippen LogP contribution in [0.1, 0.15) is 17.2 Å². The van der Waals surface area contributed by atoms with Crippen molar-refractivity contribution in [2.75, 3.05) is 31.9 Å². The van der Waals surface area contributed by atoms with Crippen LogP contribution in [0, 0.1) is 0 Å². The van der Waals surface area contributed by atoms with E-state index in [0.717, 1.165) is 5.56 Å². The predicted molar refractivity (Wildman–Crippen MR) is 105 cm³/mol. The van der Waals surface area contributed by atoms with E-state index >= 15 is 0 Å². The maximum absolute atomic E-state index is 12.3. The molecule has 1 aromatic heterocycles. The van der Waals surface area contributed by atoms with Gasteiger partial charge in [0.15, 0.2) is 0 Å². The van der Waals surface area contributed by atoms with Crippen LogP contribution in [-0.4, -0.2) is 43.8 Å². The maximum atomic E-state index is 12.3. The molecule has 148 valence electrons. The monoisotopic (exact) mass is 386 g/mol. The predicted octanol–water partition coefficient (Wildman–Crippen LogP) is 1.64. The van der Waals surface area contributed by atoms with Crippen LogP contribution < -0.4 is 22.1 Å². The third kappa shape index (κ3) is 5.68. The fourth-order valence-electron chi connectivity index (χ4n) is 2.34. The number of amides is 3. The molecule has 1 heterocycles. The van der Waals surface area contributed by atoms with Crippen LogP contribution in [0.25, 0.3) is 0 Å². The van der Waals surface area contributed by atoms with Gasteiger partial charge in [0.1, 0.15) is 11.7 Å². The summed E-state index contributed by atoms with van der Waals surface area (Å²) in [6.45, 7) is 0.298. The lowest BCUT2D eigenvalue weighted by molar-refractivity contribution is 0.168. The van der Waals surface area contributed by atoms with Crippen LogP contribution in [-0.2, 0) is 9.47 Å². The first-order valence-corrected chi connectivity index (χ1v) is 8.24. The summed E-state index contributed by atoms with van der Waals surface area (Å²) in [5.74, 6) is 0.0611. The molecule has 0 radical (unpaired) electrons. The molecule has 28 heavy (non-hydrogen) atoms. The van der Waals surface area contributed by atoms with Gasteiger partial charge < -0.3 is 26.3 Å². The Morgan fingerprint density at radius 2 is 1.96 bits per heavy atom. The molecular formula is C18H22N6O4. The van der Waals surface area contributed by atoms with Crippen molar-refractivity contribution in [3.8, 4) is 0 Å². The summed E-state index contributed by atoms with van der Waals surface area (Å²) in [5, 5.41) is 5.40. The first-order valence-electron chi connectivity index (χ1n) is 8.24. The van der Waals surface area contributed by atoms with Crippen LogP contribution in [0.4, 0.5) is 21.1 Å². The summed E-state index contributed by atoms with van der Waals surface area (Å²) in [5.41, 5.74) is 12.9. The molecule has 0 fully saturated rings. The molecule has 0 saturated heterocycles. The standard InChI is InChI=1S/C18H22N6O4/c1-27-10-14(11-6-4-3-5-7-11)22-17(25)23-15-8-13(19)12(9-21-15)16(20)24-18(26)28-2/h3-9,14H,10H2,1-2H3,(H2,20,24,26)(H4,19,21,22,23,25)/t14-/m1/s1. The Morgan fingerprint density at radius 1 is 1.25 bits per heavy atom. The number of aliphatic imine (C=N–C) groups is 1. The summed E-state index contributed by atoms with van der Waals surface area (Å²) in [4.78, 5) is 31.1. The zero-order valence-corrected chi connectivity index (χ0v) is 15.5. The molecule has 6 N–H and O–H groups in total. The lowest BCUT2D eigenvalue weighted by Gasteiger charge is -2.18. The van der Waals surface area contributed by atoms with Gasteiger partial charge in [0.25, 0.3) is 0 Å². The highest BCUT2D eigenvalue weighted by Gasteiger charge is 2.15. The van der Waals surface area contributed by atoms with E-state index in [1.54, 1.807) is 7.11 Å². The molecule has 0 unspecified atom stereocenters. The van der Waals surface area contributed by atoms with Gasteiger partial charge in [0.05, 0.1) is 25.3 Å². The second kappa shape index (κ2) is 9.88. The number of ether oxygens (including phenoxy) is 2. The Bertz CT molecular complexity index is 856. The van der Waals surface area contributed by atoms with Gasteiger partial charge in [0.2, 0.25) is 0 Å². The molecule has 10 nitrogen and oxygen atoms in total. The van der Waals surface area contributed by atoms with E-state index in [0.29, 0.717) is 6.61 Å². The van der Waals surface area contributed by atoms with Crippen molar-refractivity contribution in [1.29, 1.82) is 0 Å². The number of aromatic nitrogens is 1. The van der Waals surface area contributed by atoms with Crippen molar-refractivity contribution >= 4 is 29.5 Å².